The van der Waals surface area contributed by atoms with Crippen LogP contribution in [0.25, 0.3) is 27.8 Å². The zero-order valence-electron chi connectivity index (χ0n) is 22.2. The van der Waals surface area contributed by atoms with Gasteiger partial charge in [-0.2, -0.15) is 0 Å². The molecule has 14 nitrogen and oxygen atoms in total. The summed E-state index contributed by atoms with van der Waals surface area (Å²) in [6.07, 6.45) is 6.85. The van der Waals surface area contributed by atoms with Gasteiger partial charge in [-0.1, -0.05) is 30.3 Å². The Balaban J connectivity index is 1.27. The highest BCUT2D eigenvalue weighted by Gasteiger charge is 2.16. The number of aromatic amines is 1. The fourth-order valence-corrected chi connectivity index (χ4v) is 4.63. The largest absolute Gasteiger partial charge is 0.368 e. The van der Waals surface area contributed by atoms with E-state index in [9.17, 15) is 9.59 Å². The molecule has 0 atom stereocenters. The fourth-order valence-electron chi connectivity index (χ4n) is 4.63. The van der Waals surface area contributed by atoms with Crippen LogP contribution in [0.3, 0.4) is 0 Å². The lowest BCUT2D eigenvalue weighted by Gasteiger charge is -2.16. The molecular formula is C28H25N11O3. The third kappa shape index (κ3) is 5.33. The first kappa shape index (κ1) is 26.5. The van der Waals surface area contributed by atoms with Gasteiger partial charge in [0.1, 0.15) is 17.7 Å². The van der Waals surface area contributed by atoms with E-state index in [0.29, 0.717) is 53.1 Å². The van der Waals surface area contributed by atoms with Crippen LogP contribution in [0.15, 0.2) is 78.4 Å². The van der Waals surface area contributed by atoms with Crippen LogP contribution in [0.5, 0.6) is 0 Å². The first-order chi connectivity index (χ1) is 20.6. The Morgan fingerprint density at radius 3 is 2.60 bits per heavy atom. The van der Waals surface area contributed by atoms with Crippen molar-refractivity contribution in [1.29, 1.82) is 0 Å². The minimum absolute atomic E-state index is 0.109. The molecule has 14 heteroatoms. The number of imidazole rings is 1. The number of nitrogens with one attached hydrogen (secondary N) is 4. The van der Waals surface area contributed by atoms with Gasteiger partial charge in [0, 0.05) is 31.9 Å². The second-order valence-electron chi connectivity index (χ2n) is 9.26. The van der Waals surface area contributed by atoms with E-state index >= 15 is 0 Å². The Kier molecular flexibility index (Phi) is 7.42. The van der Waals surface area contributed by atoms with Crippen molar-refractivity contribution in [2.75, 3.05) is 17.2 Å². The molecule has 0 radical (unpaired) electrons. The lowest BCUT2D eigenvalue weighted by molar-refractivity contribution is 0.0705. The van der Waals surface area contributed by atoms with Gasteiger partial charge in [0.25, 0.3) is 11.5 Å². The fraction of sp³-hybridized carbons (Fsp3) is 0.143. The molecule has 0 fully saturated rings. The van der Waals surface area contributed by atoms with Crippen molar-refractivity contribution in [3.05, 3.63) is 101 Å². The van der Waals surface area contributed by atoms with E-state index in [4.69, 9.17) is 10.2 Å². The van der Waals surface area contributed by atoms with Gasteiger partial charge in [0.2, 0.25) is 5.95 Å². The number of benzene rings is 2. The summed E-state index contributed by atoms with van der Waals surface area (Å²) in [4.78, 5) is 54.4. The summed E-state index contributed by atoms with van der Waals surface area (Å²) < 4.78 is 1.65. The summed E-state index contributed by atoms with van der Waals surface area (Å²) in [5, 5.41) is 15.7. The molecule has 6 rings (SSSR count). The minimum Gasteiger partial charge on any atom is -0.368 e. The molecule has 4 aromatic heterocycles. The van der Waals surface area contributed by atoms with Gasteiger partial charge in [-0.25, -0.2) is 35.4 Å². The Labute approximate surface area is 237 Å². The predicted octanol–water partition coefficient (Wildman–Crippen LogP) is 2.62. The molecule has 0 saturated carbocycles. The molecule has 0 aliphatic rings. The van der Waals surface area contributed by atoms with Crippen molar-refractivity contribution < 1.29 is 10.0 Å². The molecule has 0 aliphatic heterocycles. The molecule has 0 aliphatic carbocycles. The maximum absolute atomic E-state index is 14.1. The number of rotatable bonds is 10. The quantitative estimate of drug-likeness (QED) is 0.0936. The van der Waals surface area contributed by atoms with Gasteiger partial charge in [0.15, 0.2) is 11.5 Å². The van der Waals surface area contributed by atoms with E-state index in [0.717, 1.165) is 11.3 Å². The van der Waals surface area contributed by atoms with E-state index in [-0.39, 0.29) is 23.6 Å². The summed E-state index contributed by atoms with van der Waals surface area (Å²) in [6.45, 7) is 0.836. The van der Waals surface area contributed by atoms with Crippen LogP contribution in [0, 0.1) is 0 Å². The highest BCUT2D eigenvalue weighted by Crippen LogP contribution is 2.19. The molecular weight excluding hydrogens is 538 g/mol. The predicted molar refractivity (Wildman–Crippen MR) is 154 cm³/mol. The van der Waals surface area contributed by atoms with Gasteiger partial charge in [-0.15, -0.1) is 0 Å². The third-order valence-corrected chi connectivity index (χ3v) is 6.61. The van der Waals surface area contributed by atoms with Crippen LogP contribution in [0.4, 0.5) is 11.8 Å². The smallest absolute Gasteiger partial charge is 0.277 e. The standard InChI is InChI=1S/C28H25N11O3/c40-26(38-42)18-13-31-28(32-14-18)30-12-17-6-4-9-20-22(17)27(41)39(19-7-2-1-3-8-19)21(37-20)10-5-11-29-24-23-25(34-15-33-23)36-16-35-24/h1-4,6-9,13-16,42H,5,10-12H2,(H,38,40)(H,30,31,32)(H2,29,33,34,35,36). The first-order valence-electron chi connectivity index (χ1n) is 13.1. The van der Waals surface area contributed by atoms with Crippen molar-refractivity contribution in [2.24, 2.45) is 0 Å². The van der Waals surface area contributed by atoms with E-state index in [2.05, 4.69) is 40.5 Å². The third-order valence-electron chi connectivity index (χ3n) is 6.61. The molecule has 2 aromatic carbocycles. The lowest BCUT2D eigenvalue weighted by atomic mass is 10.1. The molecule has 6 aromatic rings. The lowest BCUT2D eigenvalue weighted by Crippen LogP contribution is -2.25. The molecule has 0 spiro atoms. The number of carbonyl (C=O) groups excluding carboxylic acids is 1. The molecule has 0 unspecified atom stereocenters. The molecule has 0 saturated heterocycles. The SMILES string of the molecule is O=C(NO)c1cnc(NCc2cccc3nc(CCCNc4ncnc5[nH]cnc45)n(-c4ccccc4)c(=O)c23)nc1. The molecule has 42 heavy (non-hydrogen) atoms. The van der Waals surface area contributed by atoms with E-state index in [1.54, 1.807) is 16.4 Å². The average molecular weight is 564 g/mol. The number of hydrogen-bond donors (Lipinski definition) is 5. The second-order valence-corrected chi connectivity index (χ2v) is 9.26. The zero-order chi connectivity index (χ0) is 28.9. The van der Waals surface area contributed by atoms with Crippen LogP contribution < -0.4 is 21.7 Å². The summed E-state index contributed by atoms with van der Waals surface area (Å²) in [5.74, 6) is 0.830. The Hall–Kier alpha value is -5.76. The summed E-state index contributed by atoms with van der Waals surface area (Å²) in [7, 11) is 0. The van der Waals surface area contributed by atoms with Crippen molar-refractivity contribution in [3.8, 4) is 5.69 Å². The van der Waals surface area contributed by atoms with E-state index < -0.39 is 5.91 Å². The number of aryl methyl sites for hydroxylation is 1. The van der Waals surface area contributed by atoms with E-state index in [1.807, 2.05) is 48.5 Å². The minimum atomic E-state index is -0.710. The number of para-hydroxylation sites is 1. The Morgan fingerprint density at radius 2 is 1.79 bits per heavy atom. The van der Waals surface area contributed by atoms with Gasteiger partial charge in [0.05, 0.1) is 28.5 Å². The zero-order valence-corrected chi connectivity index (χ0v) is 22.2. The molecule has 210 valence electrons. The molecule has 1 amide bonds. The van der Waals surface area contributed by atoms with Gasteiger partial charge in [-0.05, 0) is 30.2 Å². The van der Waals surface area contributed by atoms with Crippen LogP contribution in [-0.4, -0.2) is 57.1 Å². The number of aromatic nitrogens is 8. The van der Waals surface area contributed by atoms with Crippen molar-refractivity contribution in [2.45, 2.75) is 19.4 Å². The normalized spacial score (nSPS) is 11.1. The van der Waals surface area contributed by atoms with Crippen LogP contribution in [-0.2, 0) is 13.0 Å². The second kappa shape index (κ2) is 11.8. The number of fused-ring (bicyclic) bond motifs is 2. The van der Waals surface area contributed by atoms with Crippen molar-refractivity contribution in [1.82, 2.24) is 44.9 Å². The van der Waals surface area contributed by atoms with Crippen LogP contribution in [0.2, 0.25) is 0 Å². The number of carbonyl (C=O) groups is 1. The topological polar surface area (TPSA) is 189 Å². The number of hydroxylamine groups is 1. The van der Waals surface area contributed by atoms with Gasteiger partial charge < -0.3 is 15.6 Å². The van der Waals surface area contributed by atoms with Gasteiger partial charge in [-0.3, -0.25) is 19.4 Å². The number of H-pyrrole nitrogens is 1. The molecule has 5 N–H and O–H groups in total. The maximum Gasteiger partial charge on any atom is 0.277 e. The summed E-state index contributed by atoms with van der Waals surface area (Å²) in [5.41, 5.74) is 4.81. The first-order valence-corrected chi connectivity index (χ1v) is 13.1. The van der Waals surface area contributed by atoms with Crippen LogP contribution >= 0.6 is 0 Å². The Bertz CT molecular complexity index is 1920. The summed E-state index contributed by atoms with van der Waals surface area (Å²) in [6, 6.07) is 14.9. The van der Waals surface area contributed by atoms with E-state index in [1.165, 1.54) is 18.7 Å². The molecule has 4 heterocycles. The Morgan fingerprint density at radius 1 is 0.952 bits per heavy atom. The number of anilines is 2. The number of hydrogen-bond acceptors (Lipinski definition) is 11. The van der Waals surface area contributed by atoms with Crippen LogP contribution in [0.1, 0.15) is 28.2 Å². The monoisotopic (exact) mass is 563 g/mol. The highest BCUT2D eigenvalue weighted by atomic mass is 16.5. The summed E-state index contributed by atoms with van der Waals surface area (Å²) >= 11 is 0. The number of nitrogens with zero attached hydrogens (tertiary/aromatic N) is 7. The number of amides is 1. The maximum atomic E-state index is 14.1. The average Bonchev–Trinajstić information content (AvgIpc) is 3.52. The molecule has 0 bridgehead atoms. The van der Waals surface area contributed by atoms with Gasteiger partial charge >= 0.3 is 0 Å². The highest BCUT2D eigenvalue weighted by molar-refractivity contribution is 5.92. The van der Waals surface area contributed by atoms with Crippen molar-refractivity contribution in [3.63, 3.8) is 0 Å². The van der Waals surface area contributed by atoms with Crippen molar-refractivity contribution >= 4 is 39.7 Å².